The molecule has 0 amide bonds. The molecule has 0 unspecified atom stereocenters. The normalized spacial score (nSPS) is 10.9. The largest absolute Gasteiger partial charge is 0.337 e. The molecule has 0 fully saturated rings. The van der Waals surface area contributed by atoms with Gasteiger partial charge in [-0.3, -0.25) is 0 Å². The molecule has 106 valence electrons. The first kappa shape index (κ1) is 13.9. The Bertz CT molecular complexity index is 842. The highest BCUT2D eigenvalue weighted by molar-refractivity contribution is 6.31. The van der Waals surface area contributed by atoms with Crippen LogP contribution in [0.5, 0.6) is 0 Å². The zero-order valence-corrected chi connectivity index (χ0v) is 11.8. The van der Waals surface area contributed by atoms with Crippen LogP contribution in [-0.4, -0.2) is 15.0 Å². The van der Waals surface area contributed by atoms with Crippen molar-refractivity contribution in [3.8, 4) is 0 Å². The van der Waals surface area contributed by atoms with E-state index in [-0.39, 0.29) is 10.8 Å². The quantitative estimate of drug-likeness (QED) is 0.561. The van der Waals surface area contributed by atoms with Crippen LogP contribution in [0.1, 0.15) is 0 Å². The van der Waals surface area contributed by atoms with Gasteiger partial charge in [0.15, 0.2) is 5.82 Å². The summed E-state index contributed by atoms with van der Waals surface area (Å²) in [7, 11) is 0. The maximum atomic E-state index is 13.9. The Morgan fingerprint density at radius 1 is 1.05 bits per heavy atom. The van der Waals surface area contributed by atoms with E-state index in [9.17, 15) is 8.78 Å². The van der Waals surface area contributed by atoms with E-state index in [2.05, 4.69) is 20.3 Å². The molecule has 0 saturated heterocycles. The molecule has 0 aliphatic heterocycles. The number of benzene rings is 1. The third-order valence-corrected chi connectivity index (χ3v) is 3.33. The number of hydrogen-bond acceptors (Lipinski definition) is 4. The van der Waals surface area contributed by atoms with Crippen LogP contribution in [0.2, 0.25) is 10.2 Å². The molecule has 0 atom stereocenters. The first-order valence-electron chi connectivity index (χ1n) is 5.73. The summed E-state index contributed by atoms with van der Waals surface area (Å²) in [5.41, 5.74) is 0.528. The number of halogens is 4. The number of hydrogen-bond donors (Lipinski definition) is 1. The predicted molar refractivity (Wildman–Crippen MR) is 77.0 cm³/mol. The lowest BCUT2D eigenvalue weighted by Crippen LogP contribution is -1.99. The second-order valence-electron chi connectivity index (χ2n) is 4.09. The van der Waals surface area contributed by atoms with Gasteiger partial charge in [0, 0.05) is 5.39 Å². The summed E-state index contributed by atoms with van der Waals surface area (Å²) in [5, 5.41) is 2.96. The Morgan fingerprint density at radius 2 is 1.86 bits per heavy atom. The summed E-state index contributed by atoms with van der Waals surface area (Å²) < 4.78 is 27.1. The van der Waals surface area contributed by atoms with Gasteiger partial charge >= 0.3 is 0 Å². The lowest BCUT2D eigenvalue weighted by Gasteiger charge is -2.10. The third kappa shape index (κ3) is 2.59. The number of nitrogens with zero attached hydrogens (tertiary/aromatic N) is 3. The fraction of sp³-hybridized carbons (Fsp3) is 0. The maximum Gasteiger partial charge on any atom is 0.168 e. The van der Waals surface area contributed by atoms with Gasteiger partial charge in [0.25, 0.3) is 0 Å². The standard InChI is InChI=1S/C13H6Cl2F2N4/c14-10-3-6-9(4-18-10)19-5-20-13(6)21-8-2-1-7(16)11(15)12(8)17/h1-5H,(H,19,20,21). The van der Waals surface area contributed by atoms with Gasteiger partial charge in [0.1, 0.15) is 28.1 Å². The minimum Gasteiger partial charge on any atom is -0.337 e. The van der Waals surface area contributed by atoms with E-state index in [4.69, 9.17) is 23.2 Å². The van der Waals surface area contributed by atoms with Crippen LogP contribution < -0.4 is 5.32 Å². The first-order chi connectivity index (χ1) is 10.1. The fourth-order valence-corrected chi connectivity index (χ4v) is 2.11. The van der Waals surface area contributed by atoms with E-state index in [1.807, 2.05) is 0 Å². The average molecular weight is 327 g/mol. The van der Waals surface area contributed by atoms with Crippen molar-refractivity contribution in [2.45, 2.75) is 0 Å². The first-order valence-corrected chi connectivity index (χ1v) is 6.48. The molecule has 0 radical (unpaired) electrons. The maximum absolute atomic E-state index is 13.9. The Morgan fingerprint density at radius 3 is 2.67 bits per heavy atom. The molecule has 4 nitrogen and oxygen atoms in total. The van der Waals surface area contributed by atoms with E-state index in [0.29, 0.717) is 16.7 Å². The van der Waals surface area contributed by atoms with Gasteiger partial charge in [0.05, 0.1) is 17.4 Å². The van der Waals surface area contributed by atoms with Gasteiger partial charge in [-0.2, -0.15) is 0 Å². The average Bonchev–Trinajstić information content (AvgIpc) is 2.48. The number of aromatic nitrogens is 3. The van der Waals surface area contributed by atoms with Crippen molar-refractivity contribution >= 4 is 45.6 Å². The Balaban J connectivity index is 2.10. The van der Waals surface area contributed by atoms with Crippen molar-refractivity contribution < 1.29 is 8.78 Å². The molecular formula is C13H6Cl2F2N4. The summed E-state index contributed by atoms with van der Waals surface area (Å²) in [6, 6.07) is 3.83. The van der Waals surface area contributed by atoms with Crippen molar-refractivity contribution in [2.24, 2.45) is 0 Å². The van der Waals surface area contributed by atoms with Gasteiger partial charge in [-0.25, -0.2) is 23.7 Å². The molecule has 3 rings (SSSR count). The van der Waals surface area contributed by atoms with Gasteiger partial charge in [-0.05, 0) is 18.2 Å². The fourth-order valence-electron chi connectivity index (χ4n) is 1.78. The second-order valence-corrected chi connectivity index (χ2v) is 4.86. The highest BCUT2D eigenvalue weighted by Gasteiger charge is 2.13. The number of nitrogens with one attached hydrogen (secondary N) is 1. The number of anilines is 2. The summed E-state index contributed by atoms with van der Waals surface area (Å²) in [6.45, 7) is 0. The van der Waals surface area contributed by atoms with Crippen molar-refractivity contribution in [2.75, 3.05) is 5.32 Å². The molecule has 0 spiro atoms. The number of pyridine rings is 1. The van der Waals surface area contributed by atoms with Gasteiger partial charge in [0.2, 0.25) is 0 Å². The van der Waals surface area contributed by atoms with Crippen LogP contribution in [0, 0.1) is 11.6 Å². The Kier molecular flexibility index (Phi) is 3.57. The molecule has 0 bridgehead atoms. The van der Waals surface area contributed by atoms with Crippen LogP contribution in [0.25, 0.3) is 10.9 Å². The smallest absolute Gasteiger partial charge is 0.168 e. The van der Waals surface area contributed by atoms with Crippen molar-refractivity contribution in [3.05, 3.63) is 52.5 Å². The van der Waals surface area contributed by atoms with Crippen molar-refractivity contribution in [1.82, 2.24) is 15.0 Å². The summed E-state index contributed by atoms with van der Waals surface area (Å²) in [4.78, 5) is 12.0. The molecule has 0 aliphatic rings. The van der Waals surface area contributed by atoms with Crippen LogP contribution in [0.15, 0.2) is 30.7 Å². The Labute approximate surface area is 127 Å². The van der Waals surface area contributed by atoms with Crippen molar-refractivity contribution in [1.29, 1.82) is 0 Å². The molecule has 2 heterocycles. The number of fused-ring (bicyclic) bond motifs is 1. The highest BCUT2D eigenvalue weighted by Crippen LogP contribution is 2.29. The highest BCUT2D eigenvalue weighted by atomic mass is 35.5. The topological polar surface area (TPSA) is 50.7 Å². The molecule has 8 heteroatoms. The zero-order chi connectivity index (χ0) is 15.0. The van der Waals surface area contributed by atoms with Crippen molar-refractivity contribution in [3.63, 3.8) is 0 Å². The molecular weight excluding hydrogens is 321 g/mol. The van der Waals surface area contributed by atoms with E-state index in [0.717, 1.165) is 6.07 Å². The van der Waals surface area contributed by atoms with E-state index < -0.39 is 16.7 Å². The molecule has 1 N–H and O–H groups in total. The monoisotopic (exact) mass is 326 g/mol. The molecule has 2 aromatic heterocycles. The lowest BCUT2D eigenvalue weighted by molar-refractivity contribution is 0.587. The zero-order valence-electron chi connectivity index (χ0n) is 10.2. The molecule has 0 aliphatic carbocycles. The van der Waals surface area contributed by atoms with Gasteiger partial charge in [-0.1, -0.05) is 23.2 Å². The second kappa shape index (κ2) is 5.38. The van der Waals surface area contributed by atoms with E-state index in [1.54, 1.807) is 6.07 Å². The number of rotatable bonds is 2. The minimum atomic E-state index is -0.899. The predicted octanol–water partition coefficient (Wildman–Crippen LogP) is 4.35. The SMILES string of the molecule is Fc1ccc(Nc2ncnc3cnc(Cl)cc23)c(F)c1Cl. The van der Waals surface area contributed by atoms with Crippen LogP contribution in [0.4, 0.5) is 20.3 Å². The lowest BCUT2D eigenvalue weighted by atomic mass is 10.2. The van der Waals surface area contributed by atoms with Gasteiger partial charge in [-0.15, -0.1) is 0 Å². The van der Waals surface area contributed by atoms with Crippen LogP contribution in [0.3, 0.4) is 0 Å². The van der Waals surface area contributed by atoms with Gasteiger partial charge < -0.3 is 5.32 Å². The molecule has 21 heavy (non-hydrogen) atoms. The van der Waals surface area contributed by atoms with Crippen LogP contribution >= 0.6 is 23.2 Å². The Hall–Kier alpha value is -2.05. The molecule has 0 saturated carbocycles. The summed E-state index contributed by atoms with van der Waals surface area (Å²) in [5.74, 6) is -1.42. The van der Waals surface area contributed by atoms with E-state index >= 15 is 0 Å². The summed E-state index contributed by atoms with van der Waals surface area (Å²) in [6.07, 6.45) is 2.77. The molecule has 1 aromatic carbocycles. The minimum absolute atomic E-state index is 0.00525. The van der Waals surface area contributed by atoms with E-state index in [1.165, 1.54) is 18.6 Å². The third-order valence-electron chi connectivity index (χ3n) is 2.78. The molecule has 3 aromatic rings. The van der Waals surface area contributed by atoms with Crippen LogP contribution in [-0.2, 0) is 0 Å². The summed E-state index contributed by atoms with van der Waals surface area (Å²) >= 11 is 11.4.